The van der Waals surface area contributed by atoms with E-state index in [-0.39, 0.29) is 35.7 Å². The summed E-state index contributed by atoms with van der Waals surface area (Å²) in [5.74, 6) is -2.18. The maximum atomic E-state index is 11.6. The van der Waals surface area contributed by atoms with Crippen LogP contribution in [0.15, 0.2) is 60.7 Å². The van der Waals surface area contributed by atoms with Crippen molar-refractivity contribution in [2.24, 2.45) is 0 Å². The fraction of sp³-hybridized carbons (Fsp3) is 0.200. The number of anilines is 1. The normalized spacial score (nSPS) is 12.1. The first-order valence-electron chi connectivity index (χ1n) is 11.0. The van der Waals surface area contributed by atoms with E-state index in [0.717, 1.165) is 12.3 Å². The van der Waals surface area contributed by atoms with E-state index < -0.39 is 28.1 Å². The zero-order valence-electron chi connectivity index (χ0n) is 19.7. The third-order valence-corrected chi connectivity index (χ3v) is 5.84. The Labute approximate surface area is 213 Å². The minimum absolute atomic E-state index is 0.0286. The van der Waals surface area contributed by atoms with Crippen LogP contribution in [0.2, 0.25) is 0 Å². The Balaban J connectivity index is 1.52. The molecule has 196 valence electrons. The average Bonchev–Trinajstić information content (AvgIpc) is 2.84. The van der Waals surface area contributed by atoms with Crippen molar-refractivity contribution < 1.29 is 43.2 Å². The molecular formula is C25H26N2O9S. The van der Waals surface area contributed by atoms with Crippen LogP contribution < -0.4 is 14.8 Å². The molecule has 0 radical (unpaired) electrons. The van der Waals surface area contributed by atoms with Gasteiger partial charge in [0.1, 0.15) is 18.1 Å². The molecule has 37 heavy (non-hydrogen) atoms. The van der Waals surface area contributed by atoms with Gasteiger partial charge in [0, 0.05) is 13.1 Å². The molecule has 0 amide bonds. The number of ether oxygens (including phenoxy) is 1. The van der Waals surface area contributed by atoms with E-state index in [9.17, 15) is 33.3 Å². The Hall–Kier alpha value is -4.13. The van der Waals surface area contributed by atoms with Gasteiger partial charge in [-0.1, -0.05) is 24.3 Å². The predicted molar refractivity (Wildman–Crippen MR) is 136 cm³/mol. The van der Waals surface area contributed by atoms with Crippen molar-refractivity contribution in [3.63, 3.8) is 0 Å². The maximum Gasteiger partial charge on any atom is 0.336 e. The molecule has 6 N–H and O–H groups in total. The fourth-order valence-corrected chi connectivity index (χ4v) is 4.04. The van der Waals surface area contributed by atoms with Crippen molar-refractivity contribution in [3.05, 3.63) is 77.4 Å². The molecule has 0 aliphatic carbocycles. The highest BCUT2D eigenvalue weighted by Crippen LogP contribution is 2.28. The standard InChI is InChI=1S/C25H26N2O9S/c1-37(34,35)27-21-13-16(5-9-22(21)28)23(29)14-26-10-11-36-18-6-2-15(3-7-18)19-8-4-17(24(30)31)12-20(19)25(32)33/h2-9,12-13,23,26-29H,10-11,14H2,1H3,(H,30,31)(H,32,33)/t23-/m1/s1. The number of nitrogens with one attached hydrogen (secondary N) is 2. The molecule has 0 bridgehead atoms. The van der Waals surface area contributed by atoms with Gasteiger partial charge in [-0.3, -0.25) is 4.72 Å². The van der Waals surface area contributed by atoms with E-state index in [2.05, 4.69) is 10.0 Å². The minimum atomic E-state index is -3.59. The van der Waals surface area contributed by atoms with Gasteiger partial charge in [0.15, 0.2) is 0 Å². The summed E-state index contributed by atoms with van der Waals surface area (Å²) in [5.41, 5.74) is 1.11. The van der Waals surface area contributed by atoms with Gasteiger partial charge < -0.3 is 30.5 Å². The molecule has 0 saturated heterocycles. The number of sulfonamides is 1. The molecule has 3 rings (SSSR count). The van der Waals surface area contributed by atoms with Crippen LogP contribution in [0.25, 0.3) is 11.1 Å². The molecule has 3 aromatic carbocycles. The van der Waals surface area contributed by atoms with Crippen molar-refractivity contribution in [1.29, 1.82) is 0 Å². The quantitative estimate of drug-likeness (QED) is 0.150. The second kappa shape index (κ2) is 11.7. The molecule has 0 unspecified atom stereocenters. The van der Waals surface area contributed by atoms with Crippen LogP contribution in [0.3, 0.4) is 0 Å². The smallest absolute Gasteiger partial charge is 0.336 e. The van der Waals surface area contributed by atoms with E-state index in [4.69, 9.17) is 9.84 Å². The summed E-state index contributed by atoms with van der Waals surface area (Å²) in [6.07, 6.45) is -0.00728. The number of hydrogen-bond donors (Lipinski definition) is 6. The number of benzene rings is 3. The lowest BCUT2D eigenvalue weighted by Crippen LogP contribution is -2.26. The van der Waals surface area contributed by atoms with Crippen LogP contribution in [0.4, 0.5) is 5.69 Å². The van der Waals surface area contributed by atoms with Crippen LogP contribution in [-0.4, -0.2) is 66.7 Å². The van der Waals surface area contributed by atoms with E-state index >= 15 is 0 Å². The number of rotatable bonds is 12. The van der Waals surface area contributed by atoms with E-state index in [0.29, 0.717) is 29.0 Å². The first-order valence-corrected chi connectivity index (χ1v) is 12.9. The summed E-state index contributed by atoms with van der Waals surface area (Å²) in [4.78, 5) is 22.7. The van der Waals surface area contributed by atoms with E-state index in [1.165, 1.54) is 30.3 Å². The summed E-state index contributed by atoms with van der Waals surface area (Å²) in [5, 5.41) is 41.7. The van der Waals surface area contributed by atoms with Crippen molar-refractivity contribution in [1.82, 2.24) is 5.32 Å². The first kappa shape index (κ1) is 27.5. The second-order valence-electron chi connectivity index (χ2n) is 8.11. The van der Waals surface area contributed by atoms with E-state index in [1.807, 2.05) is 0 Å². The van der Waals surface area contributed by atoms with Crippen LogP contribution >= 0.6 is 0 Å². The molecular weight excluding hydrogens is 504 g/mol. The summed E-state index contributed by atoms with van der Waals surface area (Å²) in [7, 11) is -3.59. The Morgan fingerprint density at radius 3 is 2.30 bits per heavy atom. The van der Waals surface area contributed by atoms with Crippen LogP contribution in [0, 0.1) is 0 Å². The van der Waals surface area contributed by atoms with Gasteiger partial charge in [-0.05, 0) is 53.1 Å². The van der Waals surface area contributed by atoms with Crippen molar-refractivity contribution in [3.8, 4) is 22.6 Å². The lowest BCUT2D eigenvalue weighted by Gasteiger charge is -2.15. The zero-order valence-corrected chi connectivity index (χ0v) is 20.5. The van der Waals surface area contributed by atoms with Gasteiger partial charge >= 0.3 is 11.9 Å². The zero-order chi connectivity index (χ0) is 27.2. The molecule has 11 nitrogen and oxygen atoms in total. The van der Waals surface area contributed by atoms with Gasteiger partial charge in [0.2, 0.25) is 10.0 Å². The predicted octanol–water partition coefficient (Wildman–Crippen LogP) is 2.53. The van der Waals surface area contributed by atoms with Crippen molar-refractivity contribution in [2.75, 3.05) is 30.7 Å². The van der Waals surface area contributed by atoms with Gasteiger partial charge in [-0.15, -0.1) is 0 Å². The monoisotopic (exact) mass is 530 g/mol. The topological polar surface area (TPSA) is 182 Å². The van der Waals surface area contributed by atoms with Crippen molar-refractivity contribution >= 4 is 27.6 Å². The number of phenols is 1. The number of aliphatic hydroxyl groups excluding tert-OH is 1. The first-order chi connectivity index (χ1) is 17.4. The third-order valence-electron chi connectivity index (χ3n) is 5.25. The molecule has 0 aliphatic rings. The number of aliphatic hydroxyl groups is 1. The highest BCUT2D eigenvalue weighted by molar-refractivity contribution is 7.92. The SMILES string of the molecule is CS(=O)(=O)Nc1cc([C@H](O)CNCCOc2ccc(-c3ccc(C(=O)O)cc3C(=O)O)cc2)ccc1O. The highest BCUT2D eigenvalue weighted by atomic mass is 32.2. The molecule has 0 fully saturated rings. The van der Waals surface area contributed by atoms with Gasteiger partial charge in [-0.2, -0.15) is 0 Å². The molecule has 0 heterocycles. The number of aromatic carboxylic acids is 2. The van der Waals surface area contributed by atoms with Crippen LogP contribution in [0.1, 0.15) is 32.4 Å². The Morgan fingerprint density at radius 2 is 1.68 bits per heavy atom. The Kier molecular flexibility index (Phi) is 8.71. The largest absolute Gasteiger partial charge is 0.506 e. The lowest BCUT2D eigenvalue weighted by atomic mass is 9.97. The summed E-state index contributed by atoms with van der Waals surface area (Å²) < 4.78 is 30.7. The van der Waals surface area contributed by atoms with Gasteiger partial charge in [-0.25, -0.2) is 18.0 Å². The third kappa shape index (κ3) is 7.67. The van der Waals surface area contributed by atoms with Crippen LogP contribution in [-0.2, 0) is 10.0 Å². The molecule has 0 aliphatic heterocycles. The summed E-state index contributed by atoms with van der Waals surface area (Å²) in [6, 6.07) is 14.7. The highest BCUT2D eigenvalue weighted by Gasteiger charge is 2.16. The molecule has 12 heteroatoms. The Bertz CT molecular complexity index is 1390. The molecule has 0 spiro atoms. The number of carboxylic acid groups (broad SMARTS) is 2. The van der Waals surface area contributed by atoms with Gasteiger partial charge in [0.25, 0.3) is 0 Å². The number of carbonyl (C=O) groups is 2. The summed E-state index contributed by atoms with van der Waals surface area (Å²) in [6.45, 7) is 0.789. The Morgan fingerprint density at radius 1 is 0.973 bits per heavy atom. The minimum Gasteiger partial charge on any atom is -0.506 e. The van der Waals surface area contributed by atoms with Crippen molar-refractivity contribution in [2.45, 2.75) is 6.10 Å². The molecule has 0 aromatic heterocycles. The molecule has 3 aromatic rings. The fourth-order valence-electron chi connectivity index (χ4n) is 3.48. The van der Waals surface area contributed by atoms with Gasteiger partial charge in [0.05, 0.1) is 29.2 Å². The number of phenolic OH excluding ortho intramolecular Hbond substituents is 1. The number of aromatic hydroxyl groups is 1. The lowest BCUT2D eigenvalue weighted by molar-refractivity contribution is 0.0696. The van der Waals surface area contributed by atoms with Crippen LogP contribution in [0.5, 0.6) is 11.5 Å². The molecule has 0 saturated carbocycles. The average molecular weight is 531 g/mol. The second-order valence-corrected chi connectivity index (χ2v) is 9.86. The summed E-state index contributed by atoms with van der Waals surface area (Å²) >= 11 is 0. The maximum absolute atomic E-state index is 11.6. The molecule has 1 atom stereocenters. The number of hydrogen-bond acceptors (Lipinski definition) is 8. The van der Waals surface area contributed by atoms with E-state index in [1.54, 1.807) is 24.3 Å². The number of carboxylic acids is 2.